The smallest absolute Gasteiger partial charge is 0.273 e. The summed E-state index contributed by atoms with van der Waals surface area (Å²) in [4.78, 5) is 12.4. The lowest BCUT2D eigenvalue weighted by Gasteiger charge is -2.10. The van der Waals surface area contributed by atoms with Crippen molar-refractivity contribution >= 4 is 39.2 Å². The van der Waals surface area contributed by atoms with E-state index in [9.17, 15) is 23.4 Å². The molecular weight excluding hydrogens is 402 g/mol. The summed E-state index contributed by atoms with van der Waals surface area (Å²) in [6, 6.07) is 13.1. The summed E-state index contributed by atoms with van der Waals surface area (Å²) in [6.07, 6.45) is 1.20. The number of carbonyl (C=O) groups excluding carboxylic acids is 1. The third-order valence-corrected chi connectivity index (χ3v) is 6.32. The maximum absolute atomic E-state index is 12.4. The molecule has 1 heterocycles. The molecule has 0 aliphatic rings. The van der Waals surface area contributed by atoms with Crippen LogP contribution >= 0.6 is 11.3 Å². The molecule has 0 aliphatic heterocycles. The zero-order valence-electron chi connectivity index (χ0n) is 14.2. The molecule has 0 fully saturated rings. The molecular formula is C18H15N3O5S2. The number of sulfonamides is 1. The third kappa shape index (κ3) is 4.48. The van der Waals surface area contributed by atoms with E-state index in [1.54, 1.807) is 23.6 Å². The first-order chi connectivity index (χ1) is 13.4. The van der Waals surface area contributed by atoms with Crippen molar-refractivity contribution in [2.24, 2.45) is 5.10 Å². The Balaban J connectivity index is 1.77. The highest BCUT2D eigenvalue weighted by molar-refractivity contribution is 7.94. The molecule has 0 atom stereocenters. The van der Waals surface area contributed by atoms with Crippen molar-refractivity contribution in [1.82, 2.24) is 5.43 Å². The van der Waals surface area contributed by atoms with Gasteiger partial charge in [0.2, 0.25) is 0 Å². The van der Waals surface area contributed by atoms with Gasteiger partial charge in [0.1, 0.15) is 15.7 Å². The lowest BCUT2D eigenvalue weighted by atomic mass is 10.2. The van der Waals surface area contributed by atoms with Crippen LogP contribution < -0.4 is 10.1 Å². The highest BCUT2D eigenvalue weighted by Gasteiger charge is 2.19. The first-order valence-corrected chi connectivity index (χ1v) is 10.2. The number of thiophene rings is 1. The second-order valence-electron chi connectivity index (χ2n) is 5.53. The van der Waals surface area contributed by atoms with Crippen LogP contribution in [0.1, 0.15) is 15.9 Å². The van der Waals surface area contributed by atoms with Gasteiger partial charge < -0.3 is 10.2 Å². The van der Waals surface area contributed by atoms with Gasteiger partial charge in [-0.1, -0.05) is 18.2 Å². The van der Waals surface area contributed by atoms with Gasteiger partial charge in [0, 0.05) is 11.6 Å². The standard InChI is InChI=1S/C18H15N3O5S2/c22-13-8-7-12(16(23)10-13)11-19-20-18(24)14-4-1-2-5-15(14)21-28(25,26)17-6-3-9-27-17/h1-11,21-23H,(H,20,24)/b19-11+. The topological polar surface area (TPSA) is 128 Å². The molecule has 0 saturated carbocycles. The fourth-order valence-corrected chi connectivity index (χ4v) is 4.32. The number of para-hydroxylation sites is 1. The molecule has 3 aromatic rings. The lowest BCUT2D eigenvalue weighted by molar-refractivity contribution is 0.0956. The molecule has 10 heteroatoms. The molecule has 1 amide bonds. The summed E-state index contributed by atoms with van der Waals surface area (Å²) in [5.74, 6) is -0.952. The molecule has 0 spiro atoms. The minimum Gasteiger partial charge on any atom is -0.508 e. The average molecular weight is 417 g/mol. The molecule has 0 unspecified atom stereocenters. The quantitative estimate of drug-likeness (QED) is 0.362. The number of phenols is 2. The Labute approximate surface area is 164 Å². The largest absolute Gasteiger partial charge is 0.508 e. The Kier molecular flexibility index (Phi) is 5.62. The molecule has 28 heavy (non-hydrogen) atoms. The van der Waals surface area contributed by atoms with Crippen molar-refractivity contribution in [2.75, 3.05) is 4.72 Å². The lowest BCUT2D eigenvalue weighted by Crippen LogP contribution is -2.21. The van der Waals surface area contributed by atoms with Crippen LogP contribution in [-0.4, -0.2) is 30.8 Å². The van der Waals surface area contributed by atoms with Crippen LogP contribution in [-0.2, 0) is 10.0 Å². The van der Waals surface area contributed by atoms with E-state index in [0.29, 0.717) is 0 Å². The average Bonchev–Trinajstić information content (AvgIpc) is 3.19. The number of nitrogens with one attached hydrogen (secondary N) is 2. The van der Waals surface area contributed by atoms with Crippen molar-refractivity contribution in [1.29, 1.82) is 0 Å². The van der Waals surface area contributed by atoms with E-state index < -0.39 is 15.9 Å². The molecule has 0 radical (unpaired) electrons. The summed E-state index contributed by atoms with van der Waals surface area (Å²) in [7, 11) is -3.81. The van der Waals surface area contributed by atoms with E-state index in [1.165, 1.54) is 36.5 Å². The van der Waals surface area contributed by atoms with Gasteiger partial charge in [-0.3, -0.25) is 9.52 Å². The highest BCUT2D eigenvalue weighted by atomic mass is 32.2. The number of amides is 1. The number of hydrazone groups is 1. The molecule has 0 bridgehead atoms. The van der Waals surface area contributed by atoms with Gasteiger partial charge in [-0.05, 0) is 35.7 Å². The Morgan fingerprint density at radius 3 is 2.57 bits per heavy atom. The van der Waals surface area contributed by atoms with Crippen LogP contribution in [0.2, 0.25) is 0 Å². The SMILES string of the molecule is O=C(N/N=C/c1ccc(O)cc1O)c1ccccc1NS(=O)(=O)c1cccs1. The fraction of sp³-hybridized carbons (Fsp3) is 0. The monoisotopic (exact) mass is 417 g/mol. The van der Waals surface area contributed by atoms with Crippen molar-refractivity contribution in [3.05, 3.63) is 71.1 Å². The van der Waals surface area contributed by atoms with Crippen LogP contribution in [0.25, 0.3) is 0 Å². The number of rotatable bonds is 6. The number of anilines is 1. The van der Waals surface area contributed by atoms with Gasteiger partial charge in [-0.25, -0.2) is 13.8 Å². The fourth-order valence-electron chi connectivity index (χ4n) is 2.24. The third-order valence-electron chi connectivity index (χ3n) is 3.56. The van der Waals surface area contributed by atoms with E-state index in [0.717, 1.165) is 17.4 Å². The molecule has 3 rings (SSSR count). The van der Waals surface area contributed by atoms with Gasteiger partial charge in [0.25, 0.3) is 15.9 Å². The Morgan fingerprint density at radius 1 is 1.07 bits per heavy atom. The van der Waals surface area contributed by atoms with E-state index in [-0.39, 0.29) is 32.5 Å². The van der Waals surface area contributed by atoms with Crippen LogP contribution in [0.15, 0.2) is 69.3 Å². The minimum absolute atomic E-state index is 0.0784. The molecule has 0 saturated heterocycles. The van der Waals surface area contributed by atoms with Gasteiger partial charge >= 0.3 is 0 Å². The highest BCUT2D eigenvalue weighted by Crippen LogP contribution is 2.23. The van der Waals surface area contributed by atoms with Crippen molar-refractivity contribution < 1.29 is 23.4 Å². The van der Waals surface area contributed by atoms with E-state index in [2.05, 4.69) is 15.2 Å². The van der Waals surface area contributed by atoms with Crippen molar-refractivity contribution in [3.8, 4) is 11.5 Å². The summed E-state index contributed by atoms with van der Waals surface area (Å²) in [5, 5.41) is 24.4. The van der Waals surface area contributed by atoms with E-state index >= 15 is 0 Å². The van der Waals surface area contributed by atoms with Gasteiger partial charge in [-0.15, -0.1) is 11.3 Å². The van der Waals surface area contributed by atoms with Crippen LogP contribution in [0.4, 0.5) is 5.69 Å². The molecule has 4 N–H and O–H groups in total. The maximum Gasteiger partial charge on any atom is 0.273 e. The Bertz CT molecular complexity index is 1130. The maximum atomic E-state index is 12.4. The number of hydrogen-bond acceptors (Lipinski definition) is 7. The zero-order valence-corrected chi connectivity index (χ0v) is 15.9. The van der Waals surface area contributed by atoms with Gasteiger partial charge in [-0.2, -0.15) is 5.10 Å². The number of benzene rings is 2. The molecule has 2 aromatic carbocycles. The van der Waals surface area contributed by atoms with Crippen LogP contribution in [0.5, 0.6) is 11.5 Å². The number of hydrogen-bond donors (Lipinski definition) is 4. The molecule has 1 aromatic heterocycles. The first-order valence-electron chi connectivity index (χ1n) is 7.87. The minimum atomic E-state index is -3.81. The normalized spacial score (nSPS) is 11.4. The number of phenolic OH excluding ortho intramolecular Hbond substituents is 2. The predicted molar refractivity (Wildman–Crippen MR) is 106 cm³/mol. The second-order valence-corrected chi connectivity index (χ2v) is 8.38. The van der Waals surface area contributed by atoms with Crippen LogP contribution in [0.3, 0.4) is 0 Å². The van der Waals surface area contributed by atoms with Gasteiger partial charge in [0.05, 0.1) is 17.5 Å². The summed E-state index contributed by atoms with van der Waals surface area (Å²) >= 11 is 1.06. The van der Waals surface area contributed by atoms with Crippen molar-refractivity contribution in [3.63, 3.8) is 0 Å². The zero-order chi connectivity index (χ0) is 20.1. The number of aromatic hydroxyl groups is 2. The number of carbonyl (C=O) groups is 1. The molecule has 0 aliphatic carbocycles. The van der Waals surface area contributed by atoms with E-state index in [4.69, 9.17) is 0 Å². The first kappa shape index (κ1) is 19.4. The number of nitrogens with zero attached hydrogens (tertiary/aromatic N) is 1. The van der Waals surface area contributed by atoms with E-state index in [1.807, 2.05) is 0 Å². The summed E-state index contributed by atoms with van der Waals surface area (Å²) in [5.41, 5.74) is 2.74. The van der Waals surface area contributed by atoms with Gasteiger partial charge in [0.15, 0.2) is 0 Å². The predicted octanol–water partition coefficient (Wildman–Crippen LogP) is 2.72. The molecule has 144 valence electrons. The van der Waals surface area contributed by atoms with Crippen molar-refractivity contribution in [2.45, 2.75) is 4.21 Å². The Morgan fingerprint density at radius 2 is 1.86 bits per heavy atom. The Hall–Kier alpha value is -3.37. The summed E-state index contributed by atoms with van der Waals surface area (Å²) in [6.45, 7) is 0. The van der Waals surface area contributed by atoms with Crippen LogP contribution in [0, 0.1) is 0 Å². The molecule has 8 nitrogen and oxygen atoms in total. The summed E-state index contributed by atoms with van der Waals surface area (Å²) < 4.78 is 27.3. The second kappa shape index (κ2) is 8.11.